The number of nitrogens with one attached hydrogen (secondary N) is 1. The second kappa shape index (κ2) is 9.77. The van der Waals surface area contributed by atoms with Crippen molar-refractivity contribution in [3.8, 4) is 5.75 Å². The molecule has 0 aliphatic carbocycles. The molecule has 168 valence electrons. The van der Waals surface area contributed by atoms with Crippen molar-refractivity contribution in [2.75, 3.05) is 11.9 Å². The van der Waals surface area contributed by atoms with E-state index in [1.165, 1.54) is 36.4 Å². The van der Waals surface area contributed by atoms with Crippen LogP contribution in [0.1, 0.15) is 25.9 Å². The predicted molar refractivity (Wildman–Crippen MR) is 108 cm³/mol. The van der Waals surface area contributed by atoms with E-state index < -0.39 is 41.7 Å². The van der Waals surface area contributed by atoms with Crippen molar-refractivity contribution in [3.63, 3.8) is 0 Å². The van der Waals surface area contributed by atoms with Crippen LogP contribution in [-0.4, -0.2) is 23.5 Å². The number of aryl methyl sites for hydroxylation is 1. The quantitative estimate of drug-likeness (QED) is 0.391. The molecule has 0 unspecified atom stereocenters. The standard InChI is InChI=1S/C21H16F4N2O4S/c1-12-19(32-18(26-12)11-30-14-8-6-13(22)7-9-14)20(29)31-10-17(28)27-16-5-3-2-4-15(16)21(23,24)25/h2-9H,10-11H2,1H3,(H,27,28). The molecule has 1 N–H and O–H groups in total. The van der Waals surface area contributed by atoms with E-state index >= 15 is 0 Å². The molecule has 11 heteroatoms. The zero-order valence-corrected chi connectivity index (χ0v) is 17.3. The largest absolute Gasteiger partial charge is 0.486 e. The van der Waals surface area contributed by atoms with Crippen molar-refractivity contribution in [1.82, 2.24) is 4.98 Å². The second-order valence-electron chi connectivity index (χ2n) is 6.43. The van der Waals surface area contributed by atoms with Crippen molar-refractivity contribution in [2.24, 2.45) is 0 Å². The van der Waals surface area contributed by atoms with Crippen LogP contribution in [0.3, 0.4) is 0 Å². The van der Waals surface area contributed by atoms with E-state index in [-0.39, 0.29) is 11.5 Å². The highest BCUT2D eigenvalue weighted by Crippen LogP contribution is 2.34. The van der Waals surface area contributed by atoms with Crippen molar-refractivity contribution >= 4 is 28.9 Å². The summed E-state index contributed by atoms with van der Waals surface area (Å²) in [6.45, 7) is 0.817. The summed E-state index contributed by atoms with van der Waals surface area (Å²) in [7, 11) is 0. The summed E-state index contributed by atoms with van der Waals surface area (Å²) < 4.78 is 62.3. The lowest BCUT2D eigenvalue weighted by Gasteiger charge is -2.13. The molecule has 2 aromatic carbocycles. The SMILES string of the molecule is Cc1nc(COc2ccc(F)cc2)sc1C(=O)OCC(=O)Nc1ccccc1C(F)(F)F. The number of carbonyl (C=O) groups is 2. The fourth-order valence-electron chi connectivity index (χ4n) is 2.60. The third-order valence-electron chi connectivity index (χ3n) is 4.04. The lowest BCUT2D eigenvalue weighted by Crippen LogP contribution is -2.22. The second-order valence-corrected chi connectivity index (χ2v) is 7.52. The van der Waals surface area contributed by atoms with E-state index in [2.05, 4.69) is 10.3 Å². The summed E-state index contributed by atoms with van der Waals surface area (Å²) in [6, 6.07) is 9.84. The molecular weight excluding hydrogens is 452 g/mol. The lowest BCUT2D eigenvalue weighted by molar-refractivity contribution is -0.137. The number of ether oxygens (including phenoxy) is 2. The predicted octanol–water partition coefficient (Wildman–Crippen LogP) is 4.98. The van der Waals surface area contributed by atoms with Crippen molar-refractivity contribution < 1.29 is 36.6 Å². The van der Waals surface area contributed by atoms with Crippen LogP contribution in [-0.2, 0) is 22.3 Å². The first kappa shape index (κ1) is 23.2. The molecule has 3 rings (SSSR count). The Kier molecular flexibility index (Phi) is 7.08. The summed E-state index contributed by atoms with van der Waals surface area (Å²) in [5.41, 5.74) is -1.10. The van der Waals surface area contributed by atoms with E-state index in [4.69, 9.17) is 9.47 Å². The topological polar surface area (TPSA) is 77.5 Å². The highest BCUT2D eigenvalue weighted by atomic mass is 32.1. The van der Waals surface area contributed by atoms with Crippen LogP contribution in [0.4, 0.5) is 23.2 Å². The van der Waals surface area contributed by atoms with Gasteiger partial charge in [-0.3, -0.25) is 4.79 Å². The Balaban J connectivity index is 1.56. The Hall–Kier alpha value is -3.47. The number of aromatic nitrogens is 1. The number of nitrogens with zero attached hydrogens (tertiary/aromatic N) is 1. The number of amides is 1. The molecule has 0 aliphatic heterocycles. The first-order valence-electron chi connectivity index (χ1n) is 9.11. The Morgan fingerprint density at radius 2 is 1.78 bits per heavy atom. The summed E-state index contributed by atoms with van der Waals surface area (Å²) >= 11 is 0.986. The zero-order chi connectivity index (χ0) is 23.3. The molecule has 0 spiro atoms. The van der Waals surface area contributed by atoms with Gasteiger partial charge in [-0.05, 0) is 43.3 Å². The number of hydrogen-bond donors (Lipinski definition) is 1. The highest BCUT2D eigenvalue weighted by Gasteiger charge is 2.33. The molecule has 0 atom stereocenters. The van der Waals surface area contributed by atoms with Gasteiger partial charge in [-0.25, -0.2) is 14.2 Å². The summed E-state index contributed by atoms with van der Waals surface area (Å²) in [5, 5.41) is 2.54. The molecule has 32 heavy (non-hydrogen) atoms. The van der Waals surface area contributed by atoms with Gasteiger partial charge in [-0.2, -0.15) is 13.2 Å². The summed E-state index contributed by atoms with van der Waals surface area (Å²) in [4.78, 5) is 28.6. The van der Waals surface area contributed by atoms with Crippen LogP contribution in [0, 0.1) is 12.7 Å². The average Bonchev–Trinajstić information content (AvgIpc) is 3.12. The Labute approximate surface area is 183 Å². The molecule has 0 saturated carbocycles. The molecule has 1 aromatic heterocycles. The third-order valence-corrected chi connectivity index (χ3v) is 5.15. The van der Waals surface area contributed by atoms with Gasteiger partial charge in [0.25, 0.3) is 5.91 Å². The van der Waals surface area contributed by atoms with Crippen LogP contribution >= 0.6 is 11.3 Å². The first-order chi connectivity index (χ1) is 15.1. The van der Waals surface area contributed by atoms with E-state index in [1.807, 2.05) is 0 Å². The number of esters is 1. The first-order valence-corrected chi connectivity index (χ1v) is 9.93. The fourth-order valence-corrected chi connectivity index (χ4v) is 3.47. The maximum Gasteiger partial charge on any atom is 0.418 e. The minimum atomic E-state index is -4.65. The van der Waals surface area contributed by atoms with Crippen molar-refractivity contribution in [3.05, 3.63) is 75.5 Å². The van der Waals surface area contributed by atoms with Crippen LogP contribution < -0.4 is 10.1 Å². The van der Waals surface area contributed by atoms with E-state index in [0.29, 0.717) is 16.5 Å². The summed E-state index contributed by atoms with van der Waals surface area (Å²) in [5.74, 6) is -1.75. The van der Waals surface area contributed by atoms with Gasteiger partial charge in [0.15, 0.2) is 6.61 Å². The average molecular weight is 468 g/mol. The zero-order valence-electron chi connectivity index (χ0n) is 16.5. The van der Waals surface area contributed by atoms with Gasteiger partial charge in [0.05, 0.1) is 16.9 Å². The molecule has 3 aromatic rings. The molecule has 1 heterocycles. The Morgan fingerprint density at radius 1 is 1.09 bits per heavy atom. The number of halogens is 4. The van der Waals surface area contributed by atoms with Gasteiger partial charge in [0.2, 0.25) is 0 Å². The lowest BCUT2D eigenvalue weighted by atomic mass is 10.1. The number of carbonyl (C=O) groups excluding carboxylic acids is 2. The van der Waals surface area contributed by atoms with Crippen LogP contribution in [0.25, 0.3) is 0 Å². The maximum atomic E-state index is 13.0. The number of rotatable bonds is 7. The van der Waals surface area contributed by atoms with Gasteiger partial charge < -0.3 is 14.8 Å². The van der Waals surface area contributed by atoms with E-state index in [1.54, 1.807) is 6.92 Å². The Morgan fingerprint density at radius 3 is 2.47 bits per heavy atom. The van der Waals surface area contributed by atoms with Crippen LogP contribution in [0.5, 0.6) is 5.75 Å². The molecule has 0 fully saturated rings. The Bertz CT molecular complexity index is 1110. The minimum absolute atomic E-state index is 0.0269. The molecule has 0 aliphatic rings. The van der Waals surface area contributed by atoms with E-state index in [9.17, 15) is 27.2 Å². The maximum absolute atomic E-state index is 13.0. The number of para-hydroxylation sites is 1. The van der Waals surface area contributed by atoms with Gasteiger partial charge in [0, 0.05) is 0 Å². The normalized spacial score (nSPS) is 11.2. The van der Waals surface area contributed by atoms with Gasteiger partial charge in [0.1, 0.15) is 28.1 Å². The van der Waals surface area contributed by atoms with Gasteiger partial charge in [-0.15, -0.1) is 11.3 Å². The number of thiazole rings is 1. The van der Waals surface area contributed by atoms with E-state index in [0.717, 1.165) is 23.5 Å². The summed E-state index contributed by atoms with van der Waals surface area (Å²) in [6.07, 6.45) is -4.65. The highest BCUT2D eigenvalue weighted by molar-refractivity contribution is 7.13. The fraction of sp³-hybridized carbons (Fsp3) is 0.190. The molecule has 1 amide bonds. The molecule has 6 nitrogen and oxygen atoms in total. The number of alkyl halides is 3. The minimum Gasteiger partial charge on any atom is -0.486 e. The number of hydrogen-bond acceptors (Lipinski definition) is 6. The smallest absolute Gasteiger partial charge is 0.418 e. The number of anilines is 1. The van der Waals surface area contributed by atoms with Crippen LogP contribution in [0.2, 0.25) is 0 Å². The molecule has 0 bridgehead atoms. The van der Waals surface area contributed by atoms with Crippen LogP contribution in [0.15, 0.2) is 48.5 Å². The van der Waals surface area contributed by atoms with Crippen molar-refractivity contribution in [2.45, 2.75) is 19.7 Å². The molecular formula is C21H16F4N2O4S. The van der Waals surface area contributed by atoms with Crippen molar-refractivity contribution in [1.29, 1.82) is 0 Å². The molecule has 0 radical (unpaired) electrons. The van der Waals surface area contributed by atoms with Gasteiger partial charge >= 0.3 is 12.1 Å². The number of benzene rings is 2. The van der Waals surface area contributed by atoms with Gasteiger partial charge in [-0.1, -0.05) is 12.1 Å². The molecule has 0 saturated heterocycles. The monoisotopic (exact) mass is 468 g/mol. The third kappa shape index (κ3) is 6.03.